The van der Waals surface area contributed by atoms with Crippen molar-refractivity contribution in [1.82, 2.24) is 19.9 Å². The number of nitrogens with zero attached hydrogens (tertiary/aromatic N) is 3. The predicted molar refractivity (Wildman–Crippen MR) is 82.3 cm³/mol. The Labute approximate surface area is 123 Å². The summed E-state index contributed by atoms with van der Waals surface area (Å²) in [4.78, 5) is 16.1. The molecule has 1 aliphatic carbocycles. The molecule has 0 aromatic carbocycles. The zero-order valence-electron chi connectivity index (χ0n) is 12.5. The van der Waals surface area contributed by atoms with Gasteiger partial charge in [-0.2, -0.15) is 9.97 Å². The maximum Gasteiger partial charge on any atom is 0.226 e. The number of imidazole rings is 1. The van der Waals surface area contributed by atoms with Gasteiger partial charge in [0.05, 0.1) is 18.5 Å². The van der Waals surface area contributed by atoms with E-state index in [1.807, 2.05) is 0 Å². The normalized spacial score (nSPS) is 26.0. The van der Waals surface area contributed by atoms with E-state index in [-0.39, 0.29) is 12.1 Å². The second kappa shape index (κ2) is 5.48. The van der Waals surface area contributed by atoms with E-state index in [2.05, 4.69) is 37.5 Å². The van der Waals surface area contributed by atoms with Crippen LogP contribution in [0.25, 0.3) is 11.2 Å². The highest BCUT2D eigenvalue weighted by molar-refractivity contribution is 5.84. The summed E-state index contributed by atoms with van der Waals surface area (Å²) < 4.78 is 0. The first kappa shape index (κ1) is 14.1. The molecule has 7 nitrogen and oxygen atoms in total. The molecule has 3 rings (SSSR count). The molecule has 0 saturated heterocycles. The molecule has 1 saturated carbocycles. The third-order valence-electron chi connectivity index (χ3n) is 4.29. The standard InChI is InChI=1S/C14H22N6O/c1-9-4-3-5-14(6-9,7-21)20-12-10-11(17-8-16-10)18-13(15-2)19-12/h8-9,21H,3-7H2,1-2H3,(H3,15,16,17,18,19,20). The lowest BCUT2D eigenvalue weighted by molar-refractivity contribution is 0.149. The van der Waals surface area contributed by atoms with E-state index in [4.69, 9.17) is 0 Å². The van der Waals surface area contributed by atoms with Crippen LogP contribution >= 0.6 is 0 Å². The second-order valence-corrected chi connectivity index (χ2v) is 6.01. The van der Waals surface area contributed by atoms with Gasteiger partial charge in [-0.15, -0.1) is 0 Å². The summed E-state index contributed by atoms with van der Waals surface area (Å²) in [5, 5.41) is 16.3. The van der Waals surface area contributed by atoms with E-state index in [0.29, 0.717) is 23.3 Å². The van der Waals surface area contributed by atoms with Crippen molar-refractivity contribution in [2.45, 2.75) is 38.1 Å². The molecule has 1 aliphatic rings. The number of aromatic nitrogens is 4. The largest absolute Gasteiger partial charge is 0.394 e. The van der Waals surface area contributed by atoms with Gasteiger partial charge in [0.25, 0.3) is 0 Å². The van der Waals surface area contributed by atoms with Crippen LogP contribution in [0.2, 0.25) is 0 Å². The van der Waals surface area contributed by atoms with Crippen molar-refractivity contribution in [3.05, 3.63) is 6.33 Å². The Morgan fingerprint density at radius 1 is 1.48 bits per heavy atom. The Balaban J connectivity index is 1.97. The Morgan fingerprint density at radius 3 is 3.05 bits per heavy atom. The summed E-state index contributed by atoms with van der Waals surface area (Å²) in [5.74, 6) is 1.82. The molecule has 7 heteroatoms. The monoisotopic (exact) mass is 290 g/mol. The average Bonchev–Trinajstić information content (AvgIpc) is 2.95. The Kier molecular flexibility index (Phi) is 3.67. The molecule has 0 spiro atoms. The number of rotatable bonds is 4. The number of hydrogen-bond acceptors (Lipinski definition) is 6. The molecule has 114 valence electrons. The summed E-state index contributed by atoms with van der Waals surface area (Å²) in [6.07, 6.45) is 5.83. The van der Waals surface area contributed by atoms with Crippen molar-refractivity contribution < 1.29 is 5.11 Å². The third-order valence-corrected chi connectivity index (χ3v) is 4.29. The lowest BCUT2D eigenvalue weighted by Gasteiger charge is -2.39. The summed E-state index contributed by atoms with van der Waals surface area (Å²) in [7, 11) is 1.78. The first-order valence-electron chi connectivity index (χ1n) is 7.44. The van der Waals surface area contributed by atoms with E-state index in [9.17, 15) is 5.11 Å². The topological polar surface area (TPSA) is 98.8 Å². The Morgan fingerprint density at radius 2 is 2.33 bits per heavy atom. The summed E-state index contributed by atoms with van der Waals surface area (Å²) in [5.41, 5.74) is 1.09. The molecule has 0 radical (unpaired) electrons. The molecule has 4 N–H and O–H groups in total. The van der Waals surface area contributed by atoms with Crippen molar-refractivity contribution in [1.29, 1.82) is 0 Å². The van der Waals surface area contributed by atoms with Crippen LogP contribution in [-0.2, 0) is 0 Å². The fraction of sp³-hybridized carbons (Fsp3) is 0.643. The van der Waals surface area contributed by atoms with Crippen molar-refractivity contribution in [3.8, 4) is 0 Å². The van der Waals surface area contributed by atoms with Crippen LogP contribution in [0, 0.1) is 5.92 Å². The van der Waals surface area contributed by atoms with E-state index >= 15 is 0 Å². The fourth-order valence-corrected chi connectivity index (χ4v) is 3.24. The van der Waals surface area contributed by atoms with Crippen molar-refractivity contribution in [2.24, 2.45) is 5.92 Å². The Bertz CT molecular complexity index is 627. The van der Waals surface area contributed by atoms with Crippen molar-refractivity contribution in [3.63, 3.8) is 0 Å². The molecule has 1 fully saturated rings. The smallest absolute Gasteiger partial charge is 0.226 e. The molecule has 2 heterocycles. The SMILES string of the molecule is CNc1nc(NC2(CO)CCCC(C)C2)c2[nH]cnc2n1. The minimum absolute atomic E-state index is 0.103. The molecule has 21 heavy (non-hydrogen) atoms. The first-order valence-corrected chi connectivity index (χ1v) is 7.44. The van der Waals surface area contributed by atoms with Gasteiger partial charge in [-0.25, -0.2) is 4.98 Å². The van der Waals surface area contributed by atoms with E-state index in [0.717, 1.165) is 24.8 Å². The fourth-order valence-electron chi connectivity index (χ4n) is 3.24. The quantitative estimate of drug-likeness (QED) is 0.684. The lowest BCUT2D eigenvalue weighted by Crippen LogP contribution is -2.46. The van der Waals surface area contributed by atoms with Crippen LogP contribution < -0.4 is 10.6 Å². The van der Waals surface area contributed by atoms with Gasteiger partial charge in [0, 0.05) is 7.05 Å². The number of hydrogen-bond donors (Lipinski definition) is 4. The summed E-state index contributed by atoms with van der Waals surface area (Å²) in [6.45, 7) is 2.34. The summed E-state index contributed by atoms with van der Waals surface area (Å²) in [6, 6.07) is 0. The van der Waals surface area contributed by atoms with Gasteiger partial charge in [0.15, 0.2) is 11.5 Å². The summed E-state index contributed by atoms with van der Waals surface area (Å²) >= 11 is 0. The van der Waals surface area contributed by atoms with Crippen LogP contribution in [0.5, 0.6) is 0 Å². The molecule has 2 aromatic rings. The zero-order valence-corrected chi connectivity index (χ0v) is 12.5. The molecule has 0 aliphatic heterocycles. The van der Waals surface area contributed by atoms with Crippen molar-refractivity contribution >= 4 is 22.9 Å². The number of aromatic amines is 1. The highest BCUT2D eigenvalue weighted by atomic mass is 16.3. The zero-order chi connectivity index (χ0) is 14.9. The number of nitrogens with one attached hydrogen (secondary N) is 3. The second-order valence-electron chi connectivity index (χ2n) is 6.01. The van der Waals surface area contributed by atoms with Gasteiger partial charge in [0.2, 0.25) is 5.95 Å². The van der Waals surface area contributed by atoms with Crippen LogP contribution in [0.15, 0.2) is 6.33 Å². The minimum Gasteiger partial charge on any atom is -0.394 e. The maximum atomic E-state index is 9.92. The number of aliphatic hydroxyl groups excluding tert-OH is 1. The van der Waals surface area contributed by atoms with Gasteiger partial charge in [-0.05, 0) is 18.8 Å². The van der Waals surface area contributed by atoms with E-state index in [1.165, 1.54) is 6.42 Å². The molecule has 0 bridgehead atoms. The number of fused-ring (bicyclic) bond motifs is 1. The van der Waals surface area contributed by atoms with Gasteiger partial charge in [0.1, 0.15) is 5.52 Å². The van der Waals surface area contributed by atoms with Crippen molar-refractivity contribution in [2.75, 3.05) is 24.3 Å². The molecule has 2 atom stereocenters. The predicted octanol–water partition coefficient (Wildman–Crippen LogP) is 1.75. The Hall–Kier alpha value is -1.89. The van der Waals surface area contributed by atoms with E-state index in [1.54, 1.807) is 13.4 Å². The molecule has 0 amide bonds. The highest BCUT2D eigenvalue weighted by Gasteiger charge is 2.35. The van der Waals surface area contributed by atoms with Gasteiger partial charge in [-0.1, -0.05) is 19.8 Å². The molecular weight excluding hydrogens is 268 g/mol. The molecule has 2 aromatic heterocycles. The maximum absolute atomic E-state index is 9.92. The van der Waals surface area contributed by atoms with Crippen LogP contribution in [-0.4, -0.2) is 44.2 Å². The average molecular weight is 290 g/mol. The number of anilines is 2. The van der Waals surface area contributed by atoms with Gasteiger partial charge < -0.3 is 20.7 Å². The first-order chi connectivity index (χ1) is 10.2. The number of H-pyrrole nitrogens is 1. The van der Waals surface area contributed by atoms with Crippen LogP contribution in [0.3, 0.4) is 0 Å². The van der Waals surface area contributed by atoms with Crippen LogP contribution in [0.1, 0.15) is 32.6 Å². The number of aliphatic hydroxyl groups is 1. The minimum atomic E-state index is -0.310. The van der Waals surface area contributed by atoms with Crippen LogP contribution in [0.4, 0.5) is 11.8 Å². The van der Waals surface area contributed by atoms with Gasteiger partial charge >= 0.3 is 0 Å². The van der Waals surface area contributed by atoms with E-state index < -0.39 is 0 Å². The van der Waals surface area contributed by atoms with Gasteiger partial charge in [-0.3, -0.25) is 0 Å². The lowest BCUT2D eigenvalue weighted by atomic mass is 9.77. The molecular formula is C14H22N6O. The third kappa shape index (κ3) is 2.65. The molecule has 2 unspecified atom stereocenters. The highest BCUT2D eigenvalue weighted by Crippen LogP contribution is 2.35.